The van der Waals surface area contributed by atoms with E-state index in [0.717, 1.165) is 11.1 Å². The van der Waals surface area contributed by atoms with Crippen LogP contribution in [-0.2, 0) is 14.8 Å². The third kappa shape index (κ3) is 4.34. The van der Waals surface area contributed by atoms with Crippen molar-refractivity contribution in [2.75, 3.05) is 10.8 Å². The van der Waals surface area contributed by atoms with Crippen LogP contribution >= 0.6 is 0 Å². The fourth-order valence-corrected chi connectivity index (χ4v) is 5.25. The maximum absolute atomic E-state index is 13.5. The van der Waals surface area contributed by atoms with E-state index in [9.17, 15) is 13.2 Å². The van der Waals surface area contributed by atoms with Crippen molar-refractivity contribution >= 4 is 21.6 Å². The number of benzene rings is 3. The van der Waals surface area contributed by atoms with Gasteiger partial charge in [-0.2, -0.15) is 0 Å². The normalized spacial score (nSPS) is 16.6. The third-order valence-corrected chi connectivity index (χ3v) is 7.36. The zero-order valence-corrected chi connectivity index (χ0v) is 18.9. The molecule has 1 amide bonds. The van der Waals surface area contributed by atoms with Gasteiger partial charge in [0.15, 0.2) is 6.10 Å². The molecule has 0 saturated carbocycles. The lowest BCUT2D eigenvalue weighted by molar-refractivity contribution is -0.128. The van der Waals surface area contributed by atoms with Crippen molar-refractivity contribution in [2.45, 2.75) is 37.3 Å². The Bertz CT molecular complexity index is 1190. The molecule has 0 fully saturated rings. The van der Waals surface area contributed by atoms with Crippen LogP contribution in [-0.4, -0.2) is 27.0 Å². The fourth-order valence-electron chi connectivity index (χ4n) is 3.77. The molecule has 6 nitrogen and oxygen atoms in total. The first kappa shape index (κ1) is 21.9. The van der Waals surface area contributed by atoms with Crippen molar-refractivity contribution in [2.24, 2.45) is 0 Å². The summed E-state index contributed by atoms with van der Waals surface area (Å²) in [5.41, 5.74) is 2.38. The molecule has 32 heavy (non-hydrogen) atoms. The minimum Gasteiger partial charge on any atom is -0.476 e. The van der Waals surface area contributed by atoms with Crippen LogP contribution in [0.3, 0.4) is 0 Å². The number of sulfonamides is 1. The van der Waals surface area contributed by atoms with Gasteiger partial charge in [0.25, 0.3) is 15.9 Å². The van der Waals surface area contributed by atoms with Crippen molar-refractivity contribution < 1.29 is 17.9 Å². The van der Waals surface area contributed by atoms with Gasteiger partial charge in [-0.1, -0.05) is 67.1 Å². The number of carbonyl (C=O) groups excluding carboxylic acids is 1. The van der Waals surface area contributed by atoms with Gasteiger partial charge in [0.05, 0.1) is 23.2 Å². The molecule has 2 atom stereocenters. The van der Waals surface area contributed by atoms with Gasteiger partial charge in [-0.05, 0) is 43.2 Å². The van der Waals surface area contributed by atoms with Crippen molar-refractivity contribution in [3.63, 3.8) is 0 Å². The Morgan fingerprint density at radius 2 is 1.69 bits per heavy atom. The summed E-state index contributed by atoms with van der Waals surface area (Å²) >= 11 is 0. The van der Waals surface area contributed by atoms with E-state index < -0.39 is 16.1 Å². The van der Waals surface area contributed by atoms with Crippen molar-refractivity contribution in [1.29, 1.82) is 0 Å². The van der Waals surface area contributed by atoms with E-state index in [1.165, 1.54) is 4.31 Å². The molecular formula is C25H26N2O4S. The molecule has 166 valence electrons. The molecular weight excluding hydrogens is 424 g/mol. The van der Waals surface area contributed by atoms with Crippen molar-refractivity contribution in [3.05, 3.63) is 90.0 Å². The quantitative estimate of drug-likeness (QED) is 0.610. The average molecular weight is 451 g/mol. The minimum absolute atomic E-state index is 0.107. The van der Waals surface area contributed by atoms with Gasteiger partial charge < -0.3 is 10.1 Å². The van der Waals surface area contributed by atoms with Gasteiger partial charge in [0.1, 0.15) is 5.75 Å². The smallest absolute Gasteiger partial charge is 0.264 e. The first-order valence-electron chi connectivity index (χ1n) is 10.6. The monoisotopic (exact) mass is 450 g/mol. The predicted octanol–water partition coefficient (Wildman–Crippen LogP) is 4.22. The molecule has 1 heterocycles. The summed E-state index contributed by atoms with van der Waals surface area (Å²) < 4.78 is 34.1. The lowest BCUT2D eigenvalue weighted by atomic mass is 10.0. The van der Waals surface area contributed by atoms with Gasteiger partial charge in [-0.25, -0.2) is 8.42 Å². The molecule has 7 heteroatoms. The number of amides is 1. The Labute approximate surface area is 188 Å². The lowest BCUT2D eigenvalue weighted by Crippen LogP contribution is -2.51. The molecule has 0 saturated heterocycles. The Morgan fingerprint density at radius 1 is 1.03 bits per heavy atom. The first-order valence-corrected chi connectivity index (χ1v) is 12.0. The minimum atomic E-state index is -3.87. The molecule has 1 aliphatic heterocycles. The van der Waals surface area contributed by atoms with Gasteiger partial charge in [0, 0.05) is 0 Å². The largest absolute Gasteiger partial charge is 0.476 e. The number of para-hydroxylation sites is 2. The van der Waals surface area contributed by atoms with Crippen molar-refractivity contribution in [3.8, 4) is 5.75 Å². The maximum Gasteiger partial charge on any atom is 0.264 e. The molecule has 3 aromatic carbocycles. The van der Waals surface area contributed by atoms with Crippen LogP contribution in [0.1, 0.15) is 30.5 Å². The topological polar surface area (TPSA) is 75.7 Å². The van der Waals surface area contributed by atoms with Crippen LogP contribution in [0.25, 0.3) is 0 Å². The SMILES string of the molecule is CC[C@@H](NC(=O)[C@@H]1CN(S(=O)(=O)c2ccc(C)cc2)c2ccccc2O1)c1ccccc1. The van der Waals surface area contributed by atoms with E-state index in [-0.39, 0.29) is 23.4 Å². The van der Waals surface area contributed by atoms with Crippen LogP contribution in [0.5, 0.6) is 5.75 Å². The first-order chi connectivity index (χ1) is 15.4. The van der Waals surface area contributed by atoms with Gasteiger partial charge in [-0.15, -0.1) is 0 Å². The zero-order chi connectivity index (χ0) is 22.7. The third-order valence-electron chi connectivity index (χ3n) is 5.56. The van der Waals surface area contributed by atoms with Gasteiger partial charge >= 0.3 is 0 Å². The highest BCUT2D eigenvalue weighted by atomic mass is 32.2. The van der Waals surface area contributed by atoms with Crippen LogP contribution < -0.4 is 14.4 Å². The molecule has 0 aliphatic carbocycles. The predicted molar refractivity (Wildman–Crippen MR) is 124 cm³/mol. The number of carbonyl (C=O) groups is 1. The lowest BCUT2D eigenvalue weighted by Gasteiger charge is -2.35. The van der Waals surface area contributed by atoms with E-state index in [1.807, 2.05) is 44.2 Å². The molecule has 1 aliphatic rings. The highest BCUT2D eigenvalue weighted by Gasteiger charge is 2.37. The Balaban J connectivity index is 1.63. The number of nitrogens with zero attached hydrogens (tertiary/aromatic N) is 1. The van der Waals surface area contributed by atoms with Crippen LogP contribution in [0.2, 0.25) is 0 Å². The van der Waals surface area contributed by atoms with E-state index in [1.54, 1.807) is 48.5 Å². The van der Waals surface area contributed by atoms with Crippen LogP contribution in [0.4, 0.5) is 5.69 Å². The summed E-state index contributed by atoms with van der Waals surface area (Å²) in [7, 11) is -3.87. The Kier molecular flexibility index (Phi) is 6.19. The van der Waals surface area contributed by atoms with E-state index in [4.69, 9.17) is 4.74 Å². The molecule has 4 rings (SSSR count). The summed E-state index contributed by atoms with van der Waals surface area (Å²) in [6.07, 6.45) is -0.271. The average Bonchev–Trinajstić information content (AvgIpc) is 2.82. The van der Waals surface area contributed by atoms with E-state index in [0.29, 0.717) is 17.9 Å². The Morgan fingerprint density at radius 3 is 2.38 bits per heavy atom. The highest BCUT2D eigenvalue weighted by molar-refractivity contribution is 7.92. The summed E-state index contributed by atoms with van der Waals surface area (Å²) in [6.45, 7) is 3.78. The van der Waals surface area contributed by atoms with Crippen molar-refractivity contribution in [1.82, 2.24) is 5.32 Å². The summed E-state index contributed by atoms with van der Waals surface area (Å²) in [5, 5.41) is 3.02. The van der Waals surface area contributed by atoms with Crippen LogP contribution in [0, 0.1) is 6.92 Å². The second kappa shape index (κ2) is 9.04. The number of hydrogen-bond acceptors (Lipinski definition) is 4. The molecule has 3 aromatic rings. The highest BCUT2D eigenvalue weighted by Crippen LogP contribution is 2.37. The number of ether oxygens (including phenoxy) is 1. The van der Waals surface area contributed by atoms with Gasteiger partial charge in [-0.3, -0.25) is 9.10 Å². The standard InChI is InChI=1S/C25H26N2O4S/c1-3-21(19-9-5-4-6-10-19)26-25(28)24-17-27(22-11-7-8-12-23(22)31-24)32(29,30)20-15-13-18(2)14-16-20/h4-16,21,24H,3,17H2,1-2H3,(H,26,28)/t21-,24+/m1/s1. The summed E-state index contributed by atoms with van der Waals surface area (Å²) in [4.78, 5) is 13.3. The Hall–Kier alpha value is -3.32. The molecule has 0 radical (unpaired) electrons. The second-order valence-electron chi connectivity index (χ2n) is 7.80. The molecule has 0 spiro atoms. The number of anilines is 1. The molecule has 0 bridgehead atoms. The van der Waals surface area contributed by atoms with E-state index >= 15 is 0 Å². The molecule has 0 aromatic heterocycles. The number of aryl methyl sites for hydroxylation is 1. The fraction of sp³-hybridized carbons (Fsp3) is 0.240. The molecule has 1 N–H and O–H groups in total. The van der Waals surface area contributed by atoms with Crippen LogP contribution in [0.15, 0.2) is 83.8 Å². The summed E-state index contributed by atoms with van der Waals surface area (Å²) in [6, 6.07) is 23.1. The van der Waals surface area contributed by atoms with E-state index in [2.05, 4.69) is 5.32 Å². The maximum atomic E-state index is 13.5. The number of fused-ring (bicyclic) bond motifs is 1. The molecule has 0 unspecified atom stereocenters. The summed E-state index contributed by atoms with van der Waals surface area (Å²) in [5.74, 6) is 0.0154. The number of hydrogen-bond donors (Lipinski definition) is 1. The number of nitrogens with one attached hydrogen (secondary N) is 1. The number of rotatable bonds is 6. The van der Waals surface area contributed by atoms with Gasteiger partial charge in [0.2, 0.25) is 0 Å². The second-order valence-corrected chi connectivity index (χ2v) is 9.67. The zero-order valence-electron chi connectivity index (χ0n) is 18.1.